The van der Waals surface area contributed by atoms with Gasteiger partial charge in [-0.3, -0.25) is 9.59 Å². The Labute approximate surface area is 166 Å². The Morgan fingerprint density at radius 3 is 1.86 bits per heavy atom. The molecule has 0 spiro atoms. The Morgan fingerprint density at radius 1 is 0.793 bits per heavy atom. The molecule has 2 bridgehead atoms. The monoisotopic (exact) mass is 404 g/mol. The van der Waals surface area contributed by atoms with Crippen molar-refractivity contribution < 1.29 is 42.8 Å². The van der Waals surface area contributed by atoms with E-state index in [0.29, 0.717) is 30.9 Å². The fourth-order valence-corrected chi connectivity index (χ4v) is 3.39. The fourth-order valence-electron chi connectivity index (χ4n) is 3.39. The van der Waals surface area contributed by atoms with E-state index in [4.69, 9.17) is 28.4 Å². The summed E-state index contributed by atoms with van der Waals surface area (Å²) >= 11 is 0. The van der Waals surface area contributed by atoms with E-state index >= 15 is 0 Å². The molecular weight excluding hydrogens is 384 g/mol. The molecule has 29 heavy (non-hydrogen) atoms. The van der Waals surface area contributed by atoms with Crippen LogP contribution in [0.3, 0.4) is 0 Å². The maximum absolute atomic E-state index is 12.9. The van der Waals surface area contributed by atoms with Gasteiger partial charge in [-0.25, -0.2) is 4.79 Å². The van der Waals surface area contributed by atoms with Gasteiger partial charge in [-0.15, -0.1) is 0 Å². The van der Waals surface area contributed by atoms with Gasteiger partial charge >= 0.3 is 17.9 Å². The van der Waals surface area contributed by atoms with Gasteiger partial charge in [-0.05, 0) is 17.2 Å². The summed E-state index contributed by atoms with van der Waals surface area (Å²) in [6.07, 6.45) is -0.265. The molecule has 5 atom stereocenters. The number of carbonyl (C=O) groups is 3. The lowest BCUT2D eigenvalue weighted by atomic mass is 9.89. The highest BCUT2D eigenvalue weighted by Crippen LogP contribution is 2.44. The van der Waals surface area contributed by atoms with Crippen LogP contribution in [0.2, 0.25) is 0 Å². The van der Waals surface area contributed by atoms with Gasteiger partial charge < -0.3 is 28.4 Å². The number of ether oxygens (including phenoxy) is 6. The number of epoxide rings is 3. The van der Waals surface area contributed by atoms with E-state index < -0.39 is 29.7 Å². The first-order valence-corrected chi connectivity index (χ1v) is 9.59. The highest BCUT2D eigenvalue weighted by Gasteiger charge is 2.46. The van der Waals surface area contributed by atoms with Crippen LogP contribution in [0, 0.1) is 0 Å². The van der Waals surface area contributed by atoms with Gasteiger partial charge in [0.1, 0.15) is 44.1 Å². The second kappa shape index (κ2) is 7.40. The van der Waals surface area contributed by atoms with E-state index in [1.54, 1.807) is 18.2 Å². The van der Waals surface area contributed by atoms with Crippen LogP contribution in [0.25, 0.3) is 0 Å². The number of benzene rings is 1. The average Bonchev–Trinajstić information content (AvgIpc) is 3.58. The molecule has 0 N–H and O–H groups in total. The Bertz CT molecular complexity index is 838. The maximum atomic E-state index is 12.9. The molecular formula is C20H20O9. The minimum Gasteiger partial charge on any atom is -0.462 e. The largest absolute Gasteiger partial charge is 0.462 e. The van der Waals surface area contributed by atoms with Crippen LogP contribution in [0.5, 0.6) is 0 Å². The third-order valence-electron chi connectivity index (χ3n) is 5.26. The summed E-state index contributed by atoms with van der Waals surface area (Å²) in [5.74, 6) is -3.54. The first-order chi connectivity index (χ1) is 14.1. The van der Waals surface area contributed by atoms with Crippen molar-refractivity contribution in [3.63, 3.8) is 0 Å². The SMILES string of the molecule is O=C(OCC1CO1)c1ccc2cc1C(C(=O)OCC1CO1)C2C(=O)OCC1CO1. The van der Waals surface area contributed by atoms with Crippen LogP contribution < -0.4 is 0 Å². The summed E-state index contributed by atoms with van der Waals surface area (Å²) < 4.78 is 31.1. The number of fused-ring (bicyclic) bond motifs is 2. The summed E-state index contributed by atoms with van der Waals surface area (Å²) in [7, 11) is 0. The molecule has 3 aliphatic heterocycles. The molecule has 0 saturated carbocycles. The highest BCUT2D eigenvalue weighted by atomic mass is 16.6. The standard InChI is InChI=1S/C20H20O9/c21-18(27-7-11-4-24-11)14-2-1-10-3-15(14)17(20(23)29-9-13-6-26-13)16(10)19(22)28-8-12-5-25-12/h1-3,11-13,16-17H,4-9H2. The first kappa shape index (κ1) is 18.5. The van der Waals surface area contributed by atoms with E-state index in [2.05, 4.69) is 0 Å². The molecule has 3 saturated heterocycles. The summed E-state index contributed by atoms with van der Waals surface area (Å²) in [6, 6.07) is 4.89. The molecule has 0 amide bonds. The number of carbonyl (C=O) groups excluding carboxylic acids is 3. The topological polar surface area (TPSA) is 116 Å². The van der Waals surface area contributed by atoms with Gasteiger partial charge in [-0.2, -0.15) is 0 Å². The predicted molar refractivity (Wildman–Crippen MR) is 93.3 cm³/mol. The molecule has 5 unspecified atom stereocenters. The van der Waals surface area contributed by atoms with Crippen molar-refractivity contribution in [1.29, 1.82) is 0 Å². The van der Waals surface area contributed by atoms with E-state index in [-0.39, 0.29) is 43.7 Å². The number of rotatable bonds is 9. The molecule has 3 heterocycles. The minimum atomic E-state index is -0.967. The lowest BCUT2D eigenvalue weighted by Gasteiger charge is -2.19. The highest BCUT2D eigenvalue weighted by molar-refractivity contribution is 5.98. The van der Waals surface area contributed by atoms with Crippen molar-refractivity contribution in [2.75, 3.05) is 39.6 Å². The Morgan fingerprint density at radius 2 is 1.31 bits per heavy atom. The molecule has 4 aliphatic rings. The first-order valence-electron chi connectivity index (χ1n) is 9.59. The Balaban J connectivity index is 1.36. The van der Waals surface area contributed by atoms with Crippen molar-refractivity contribution in [3.8, 4) is 0 Å². The summed E-state index contributed by atoms with van der Waals surface area (Å²) in [5.41, 5.74) is 1.25. The molecule has 0 aromatic heterocycles. The molecule has 3 fully saturated rings. The molecule has 154 valence electrons. The summed E-state index contributed by atoms with van der Waals surface area (Å²) in [6.45, 7) is 2.07. The molecule has 9 heteroatoms. The number of hydrogen-bond acceptors (Lipinski definition) is 9. The molecule has 5 rings (SSSR count). The lowest BCUT2D eigenvalue weighted by molar-refractivity contribution is -0.154. The third kappa shape index (κ3) is 4.12. The molecule has 0 radical (unpaired) electrons. The zero-order valence-corrected chi connectivity index (χ0v) is 15.5. The zero-order chi connectivity index (χ0) is 20.0. The lowest BCUT2D eigenvalue weighted by Crippen LogP contribution is -2.28. The number of esters is 3. The normalized spacial score (nSPS) is 30.4. The smallest absolute Gasteiger partial charge is 0.338 e. The van der Waals surface area contributed by atoms with Crippen LogP contribution in [0.1, 0.15) is 33.3 Å². The summed E-state index contributed by atoms with van der Waals surface area (Å²) in [4.78, 5) is 38.1. The van der Waals surface area contributed by atoms with E-state index in [1.165, 1.54) is 0 Å². The summed E-state index contributed by atoms with van der Waals surface area (Å²) in [5, 5.41) is 0. The average molecular weight is 404 g/mol. The minimum absolute atomic E-state index is 0.0709. The molecule has 1 aliphatic carbocycles. The van der Waals surface area contributed by atoms with E-state index in [0.717, 1.165) is 0 Å². The molecule has 1 aromatic carbocycles. The van der Waals surface area contributed by atoms with Gasteiger partial charge in [0.25, 0.3) is 0 Å². The van der Waals surface area contributed by atoms with Crippen LogP contribution >= 0.6 is 0 Å². The third-order valence-corrected chi connectivity index (χ3v) is 5.26. The second-order valence-electron chi connectivity index (χ2n) is 7.53. The van der Waals surface area contributed by atoms with Crippen LogP contribution in [0.15, 0.2) is 18.2 Å². The zero-order valence-electron chi connectivity index (χ0n) is 15.5. The van der Waals surface area contributed by atoms with Crippen molar-refractivity contribution in [2.45, 2.75) is 30.1 Å². The van der Waals surface area contributed by atoms with E-state index in [1.807, 2.05) is 0 Å². The van der Waals surface area contributed by atoms with Gasteiger partial charge in [0.15, 0.2) is 0 Å². The van der Waals surface area contributed by atoms with Gasteiger partial charge in [0, 0.05) is 0 Å². The van der Waals surface area contributed by atoms with Crippen molar-refractivity contribution in [2.24, 2.45) is 0 Å². The van der Waals surface area contributed by atoms with Crippen LogP contribution in [0.4, 0.5) is 0 Å². The quantitative estimate of drug-likeness (QED) is 0.325. The van der Waals surface area contributed by atoms with Gasteiger partial charge in [-0.1, -0.05) is 12.1 Å². The molecule has 9 nitrogen and oxygen atoms in total. The predicted octanol–water partition coefficient (Wildman–Crippen LogP) is 0.307. The number of hydrogen-bond donors (Lipinski definition) is 0. The molecule has 1 aromatic rings. The fraction of sp³-hybridized carbons (Fsp3) is 0.550. The Kier molecular flexibility index (Phi) is 4.73. The maximum Gasteiger partial charge on any atom is 0.338 e. The van der Waals surface area contributed by atoms with Crippen molar-refractivity contribution in [1.82, 2.24) is 0 Å². The second-order valence-corrected chi connectivity index (χ2v) is 7.53. The van der Waals surface area contributed by atoms with Gasteiger partial charge in [0.05, 0.1) is 31.3 Å². The van der Waals surface area contributed by atoms with Gasteiger partial charge in [0.2, 0.25) is 0 Å². The van der Waals surface area contributed by atoms with Crippen molar-refractivity contribution >= 4 is 17.9 Å². The van der Waals surface area contributed by atoms with Crippen LogP contribution in [-0.4, -0.2) is 75.9 Å². The Hall–Kier alpha value is -2.49. The van der Waals surface area contributed by atoms with Crippen molar-refractivity contribution in [3.05, 3.63) is 34.9 Å². The van der Waals surface area contributed by atoms with E-state index in [9.17, 15) is 14.4 Å². The van der Waals surface area contributed by atoms with Crippen LogP contribution in [-0.2, 0) is 38.0 Å².